The fourth-order valence-corrected chi connectivity index (χ4v) is 2.55. The van der Waals surface area contributed by atoms with Crippen LogP contribution in [0.4, 0.5) is 4.79 Å². The lowest BCUT2D eigenvalue weighted by Gasteiger charge is -2.16. The molecule has 0 atom stereocenters. The zero-order chi connectivity index (χ0) is 15.3. The second-order valence-electron chi connectivity index (χ2n) is 5.71. The molecule has 0 aromatic heterocycles. The van der Waals surface area contributed by atoms with E-state index in [4.69, 9.17) is 4.84 Å². The smallest absolute Gasteiger partial charge is 0.335 e. The van der Waals surface area contributed by atoms with E-state index >= 15 is 0 Å². The predicted molar refractivity (Wildman–Crippen MR) is 85.1 cm³/mol. The first kappa shape index (κ1) is 14.6. The van der Waals surface area contributed by atoms with E-state index in [1.807, 2.05) is 48.5 Å². The number of rotatable bonds is 6. The summed E-state index contributed by atoms with van der Waals surface area (Å²) >= 11 is 0. The SMILES string of the molecule is O=C(NCC1(c2ccccc2)CC1)NOCc1ccccc1. The Morgan fingerprint density at radius 3 is 2.27 bits per heavy atom. The third-order valence-corrected chi connectivity index (χ3v) is 4.07. The summed E-state index contributed by atoms with van der Waals surface area (Å²) in [7, 11) is 0. The molecule has 3 rings (SSSR count). The molecule has 1 fully saturated rings. The molecule has 0 spiro atoms. The van der Waals surface area contributed by atoms with Gasteiger partial charge in [0.25, 0.3) is 0 Å². The van der Waals surface area contributed by atoms with E-state index in [0.717, 1.165) is 18.4 Å². The van der Waals surface area contributed by atoms with Crippen LogP contribution in [0.25, 0.3) is 0 Å². The van der Waals surface area contributed by atoms with Crippen molar-refractivity contribution in [3.05, 3.63) is 71.8 Å². The van der Waals surface area contributed by atoms with Crippen molar-refractivity contribution in [3.8, 4) is 0 Å². The highest BCUT2D eigenvalue weighted by atomic mass is 16.7. The fraction of sp³-hybridized carbons (Fsp3) is 0.278. The van der Waals surface area contributed by atoms with Gasteiger partial charge in [0.05, 0.1) is 6.61 Å². The maximum atomic E-state index is 11.8. The number of hydrogen-bond donors (Lipinski definition) is 2. The Kier molecular flexibility index (Phi) is 4.39. The molecule has 2 amide bonds. The Bertz CT molecular complexity index is 609. The van der Waals surface area contributed by atoms with Crippen molar-refractivity contribution >= 4 is 6.03 Å². The van der Waals surface area contributed by atoms with Gasteiger partial charge in [-0.3, -0.25) is 4.84 Å². The normalized spacial score (nSPS) is 15.1. The quantitative estimate of drug-likeness (QED) is 0.805. The third-order valence-electron chi connectivity index (χ3n) is 4.07. The maximum Gasteiger partial charge on any atom is 0.338 e. The number of carbonyl (C=O) groups excluding carboxylic acids is 1. The summed E-state index contributed by atoms with van der Waals surface area (Å²) in [4.78, 5) is 17.0. The van der Waals surface area contributed by atoms with Crippen molar-refractivity contribution in [3.63, 3.8) is 0 Å². The summed E-state index contributed by atoms with van der Waals surface area (Å²) in [5, 5.41) is 2.90. The number of carbonyl (C=O) groups is 1. The maximum absolute atomic E-state index is 11.8. The Morgan fingerprint density at radius 2 is 1.64 bits per heavy atom. The summed E-state index contributed by atoms with van der Waals surface area (Å²) in [5.41, 5.74) is 4.85. The van der Waals surface area contributed by atoms with Crippen molar-refractivity contribution in [1.82, 2.24) is 10.8 Å². The van der Waals surface area contributed by atoms with Crippen LogP contribution < -0.4 is 10.8 Å². The summed E-state index contributed by atoms with van der Waals surface area (Å²) in [6, 6.07) is 19.8. The van der Waals surface area contributed by atoms with Gasteiger partial charge >= 0.3 is 6.03 Å². The largest absolute Gasteiger partial charge is 0.338 e. The van der Waals surface area contributed by atoms with Crippen LogP contribution in [-0.4, -0.2) is 12.6 Å². The Balaban J connectivity index is 1.41. The summed E-state index contributed by atoms with van der Waals surface area (Å²) in [6.07, 6.45) is 2.23. The van der Waals surface area contributed by atoms with E-state index in [-0.39, 0.29) is 11.4 Å². The molecule has 0 bridgehead atoms. The van der Waals surface area contributed by atoms with Crippen molar-refractivity contribution in [2.45, 2.75) is 24.9 Å². The van der Waals surface area contributed by atoms with Gasteiger partial charge in [-0.05, 0) is 24.0 Å². The first-order valence-electron chi connectivity index (χ1n) is 7.54. The number of hydroxylamine groups is 1. The number of hydrogen-bond acceptors (Lipinski definition) is 2. The third kappa shape index (κ3) is 3.65. The molecule has 1 saturated carbocycles. The minimum Gasteiger partial charge on any atom is -0.335 e. The molecule has 22 heavy (non-hydrogen) atoms. The summed E-state index contributed by atoms with van der Waals surface area (Å²) < 4.78 is 0. The molecule has 4 heteroatoms. The molecule has 2 aromatic rings. The Hall–Kier alpha value is -2.33. The number of benzene rings is 2. The number of urea groups is 1. The molecule has 0 saturated heterocycles. The monoisotopic (exact) mass is 296 g/mol. The lowest BCUT2D eigenvalue weighted by atomic mass is 9.96. The van der Waals surface area contributed by atoms with Crippen LogP contribution in [-0.2, 0) is 16.9 Å². The van der Waals surface area contributed by atoms with Gasteiger partial charge in [-0.2, -0.15) is 0 Å². The Labute approximate surface area is 130 Å². The predicted octanol–water partition coefficient (Wildman–Crippen LogP) is 3.15. The number of amides is 2. The summed E-state index contributed by atoms with van der Waals surface area (Å²) in [6.45, 7) is 0.996. The van der Waals surface area contributed by atoms with E-state index in [9.17, 15) is 4.79 Å². The highest BCUT2D eigenvalue weighted by molar-refractivity contribution is 5.72. The molecule has 0 radical (unpaired) electrons. The van der Waals surface area contributed by atoms with Crippen LogP contribution in [0.2, 0.25) is 0 Å². The van der Waals surface area contributed by atoms with Crippen LogP contribution in [0.3, 0.4) is 0 Å². The standard InChI is InChI=1S/C18H20N2O2/c21-17(20-22-13-15-7-3-1-4-8-15)19-14-18(11-12-18)16-9-5-2-6-10-16/h1-10H,11-14H2,(H2,19,20,21). The molecule has 2 aromatic carbocycles. The van der Waals surface area contributed by atoms with Crippen LogP contribution in [0.15, 0.2) is 60.7 Å². The second kappa shape index (κ2) is 6.62. The Morgan fingerprint density at radius 1 is 1.00 bits per heavy atom. The minimum atomic E-state index is -0.293. The highest BCUT2D eigenvalue weighted by Crippen LogP contribution is 2.47. The molecular formula is C18H20N2O2. The molecule has 2 N–H and O–H groups in total. The van der Waals surface area contributed by atoms with E-state index < -0.39 is 0 Å². The fourth-order valence-electron chi connectivity index (χ4n) is 2.55. The molecule has 114 valence electrons. The van der Waals surface area contributed by atoms with Crippen LogP contribution in [0.1, 0.15) is 24.0 Å². The van der Waals surface area contributed by atoms with Gasteiger partial charge in [-0.25, -0.2) is 10.3 Å². The van der Waals surface area contributed by atoms with Crippen molar-refractivity contribution in [1.29, 1.82) is 0 Å². The van der Waals surface area contributed by atoms with Gasteiger partial charge in [0.15, 0.2) is 0 Å². The minimum absolute atomic E-state index is 0.109. The molecule has 0 heterocycles. The lowest BCUT2D eigenvalue weighted by Crippen LogP contribution is -2.39. The zero-order valence-electron chi connectivity index (χ0n) is 12.4. The number of nitrogens with one attached hydrogen (secondary N) is 2. The molecule has 1 aliphatic carbocycles. The van der Waals surface area contributed by atoms with Gasteiger partial charge in [0, 0.05) is 12.0 Å². The van der Waals surface area contributed by atoms with Gasteiger partial charge in [-0.1, -0.05) is 60.7 Å². The van der Waals surface area contributed by atoms with E-state index in [1.165, 1.54) is 5.56 Å². The molecular weight excluding hydrogens is 276 g/mol. The van der Waals surface area contributed by atoms with Crippen LogP contribution in [0, 0.1) is 0 Å². The van der Waals surface area contributed by atoms with E-state index in [0.29, 0.717) is 13.2 Å². The lowest BCUT2D eigenvalue weighted by molar-refractivity contribution is 0.0489. The average Bonchev–Trinajstić information content (AvgIpc) is 3.36. The first-order valence-corrected chi connectivity index (χ1v) is 7.54. The topological polar surface area (TPSA) is 50.4 Å². The molecule has 0 unspecified atom stereocenters. The first-order chi connectivity index (χ1) is 10.8. The van der Waals surface area contributed by atoms with E-state index in [1.54, 1.807) is 0 Å². The van der Waals surface area contributed by atoms with E-state index in [2.05, 4.69) is 22.9 Å². The zero-order valence-corrected chi connectivity index (χ0v) is 12.4. The van der Waals surface area contributed by atoms with Gasteiger partial charge in [-0.15, -0.1) is 0 Å². The van der Waals surface area contributed by atoms with Crippen molar-refractivity contribution in [2.24, 2.45) is 0 Å². The van der Waals surface area contributed by atoms with Crippen LogP contribution in [0.5, 0.6) is 0 Å². The van der Waals surface area contributed by atoms with Gasteiger partial charge in [0.2, 0.25) is 0 Å². The summed E-state index contributed by atoms with van der Waals surface area (Å²) in [5.74, 6) is 0. The molecule has 4 nitrogen and oxygen atoms in total. The van der Waals surface area contributed by atoms with Gasteiger partial charge < -0.3 is 5.32 Å². The second-order valence-corrected chi connectivity index (χ2v) is 5.71. The van der Waals surface area contributed by atoms with Crippen molar-refractivity contribution < 1.29 is 9.63 Å². The molecule has 0 aliphatic heterocycles. The molecule has 1 aliphatic rings. The van der Waals surface area contributed by atoms with Crippen molar-refractivity contribution in [2.75, 3.05) is 6.54 Å². The highest BCUT2D eigenvalue weighted by Gasteiger charge is 2.44. The van der Waals surface area contributed by atoms with Crippen LogP contribution >= 0.6 is 0 Å². The average molecular weight is 296 g/mol. The van der Waals surface area contributed by atoms with Gasteiger partial charge in [0.1, 0.15) is 0 Å².